The normalized spacial score (nSPS) is 10.9. The van der Waals surface area contributed by atoms with Crippen molar-refractivity contribution in [2.24, 2.45) is 0 Å². The Bertz CT molecular complexity index is 1800. The molecule has 0 N–H and O–H groups in total. The standard InChI is InChI=1S/C21H8N4O14/c26-16(12-3-8-1-10(22(30)31)5-14(24(34)35)18(8)38-20(12)28)7-17(27)13-4-9-2-11(23(32)33)6-15(25(36)37)19(9)39-21(13)29/h1-6H,7H2. The quantitative estimate of drug-likeness (QED) is 0.102. The molecule has 0 atom stereocenters. The SMILES string of the molecule is O=C(CC(=O)c1cc2cc([N+](=O)[O-])cc([N+](=O)[O-])c2oc1=O)c1cc2cc([N+](=O)[O-])cc([N+](=O)[O-])c2oc1=O. The van der Waals surface area contributed by atoms with Gasteiger partial charge in [0.2, 0.25) is 11.2 Å². The minimum Gasteiger partial charge on any atom is -0.415 e. The Balaban J connectivity index is 1.77. The van der Waals surface area contributed by atoms with E-state index in [1.807, 2.05) is 0 Å². The van der Waals surface area contributed by atoms with Gasteiger partial charge < -0.3 is 8.83 Å². The largest absolute Gasteiger partial charge is 0.415 e. The molecule has 18 nitrogen and oxygen atoms in total. The number of non-ortho nitro benzene ring substituents is 4. The number of nitro groups is 4. The van der Waals surface area contributed by atoms with E-state index in [1.165, 1.54) is 0 Å². The first-order valence-electron chi connectivity index (χ1n) is 10.2. The summed E-state index contributed by atoms with van der Waals surface area (Å²) in [4.78, 5) is 90.9. The molecule has 0 amide bonds. The summed E-state index contributed by atoms with van der Waals surface area (Å²) >= 11 is 0. The lowest BCUT2D eigenvalue weighted by Gasteiger charge is -2.04. The number of benzene rings is 2. The summed E-state index contributed by atoms with van der Waals surface area (Å²) in [5, 5.41) is 44.0. The molecule has 0 spiro atoms. The second-order valence-corrected chi connectivity index (χ2v) is 7.71. The first-order valence-corrected chi connectivity index (χ1v) is 10.2. The molecular formula is C21H8N4O14. The van der Waals surface area contributed by atoms with Crippen LogP contribution in [0.2, 0.25) is 0 Å². The fraction of sp³-hybridized carbons (Fsp3) is 0.0476. The van der Waals surface area contributed by atoms with Gasteiger partial charge in [-0.15, -0.1) is 0 Å². The number of rotatable bonds is 8. The number of fused-ring (bicyclic) bond motifs is 2. The maximum absolute atomic E-state index is 12.7. The van der Waals surface area contributed by atoms with Crippen LogP contribution in [0.25, 0.3) is 21.9 Å². The third kappa shape index (κ3) is 4.67. The van der Waals surface area contributed by atoms with Crippen molar-refractivity contribution in [3.8, 4) is 0 Å². The van der Waals surface area contributed by atoms with Crippen molar-refractivity contribution >= 4 is 56.3 Å². The second kappa shape index (κ2) is 9.35. The zero-order valence-corrected chi connectivity index (χ0v) is 18.7. The lowest BCUT2D eigenvalue weighted by atomic mass is 10.0. The van der Waals surface area contributed by atoms with Crippen LogP contribution in [0.5, 0.6) is 0 Å². The summed E-state index contributed by atoms with van der Waals surface area (Å²) < 4.78 is 9.64. The summed E-state index contributed by atoms with van der Waals surface area (Å²) in [6, 6.07) is 4.16. The lowest BCUT2D eigenvalue weighted by Crippen LogP contribution is -2.21. The third-order valence-corrected chi connectivity index (χ3v) is 5.33. The monoisotopic (exact) mass is 540 g/mol. The van der Waals surface area contributed by atoms with Gasteiger partial charge in [0.25, 0.3) is 11.4 Å². The van der Waals surface area contributed by atoms with E-state index in [0.29, 0.717) is 12.1 Å². The summed E-state index contributed by atoms with van der Waals surface area (Å²) in [5.74, 6) is -2.51. The van der Waals surface area contributed by atoms with Crippen LogP contribution in [-0.2, 0) is 0 Å². The molecule has 4 rings (SSSR count). The summed E-state index contributed by atoms with van der Waals surface area (Å²) in [7, 11) is 0. The van der Waals surface area contributed by atoms with Crippen LogP contribution in [0.1, 0.15) is 27.1 Å². The molecule has 196 valence electrons. The Hall–Kier alpha value is -6.20. The smallest absolute Gasteiger partial charge is 0.347 e. The van der Waals surface area contributed by atoms with Gasteiger partial charge >= 0.3 is 22.6 Å². The van der Waals surface area contributed by atoms with Gasteiger partial charge in [-0.05, 0) is 12.1 Å². The van der Waals surface area contributed by atoms with Crippen molar-refractivity contribution in [1.29, 1.82) is 0 Å². The number of carbonyl (C=O) groups excluding carboxylic acids is 2. The van der Waals surface area contributed by atoms with Crippen molar-refractivity contribution in [2.45, 2.75) is 6.42 Å². The van der Waals surface area contributed by atoms with E-state index in [0.717, 1.165) is 24.3 Å². The van der Waals surface area contributed by atoms with Crippen molar-refractivity contribution in [1.82, 2.24) is 0 Å². The molecule has 2 aromatic carbocycles. The molecule has 0 saturated carbocycles. The summed E-state index contributed by atoms with van der Waals surface area (Å²) in [5.41, 5.74) is -9.21. The van der Waals surface area contributed by atoms with Gasteiger partial charge in [0, 0.05) is 22.9 Å². The maximum atomic E-state index is 12.7. The molecule has 0 aliphatic carbocycles. The predicted octanol–water partition coefficient (Wildman–Crippen LogP) is 2.99. The van der Waals surface area contributed by atoms with E-state index in [1.54, 1.807) is 0 Å². The molecular weight excluding hydrogens is 532 g/mol. The van der Waals surface area contributed by atoms with E-state index in [9.17, 15) is 59.6 Å². The van der Waals surface area contributed by atoms with Gasteiger partial charge in [-0.2, -0.15) is 0 Å². The number of ketones is 2. The fourth-order valence-corrected chi connectivity index (χ4v) is 3.61. The van der Waals surface area contributed by atoms with E-state index >= 15 is 0 Å². The van der Waals surface area contributed by atoms with E-state index in [4.69, 9.17) is 8.83 Å². The highest BCUT2D eigenvalue weighted by molar-refractivity contribution is 6.14. The Morgan fingerprint density at radius 1 is 0.590 bits per heavy atom. The lowest BCUT2D eigenvalue weighted by molar-refractivity contribution is -0.393. The van der Waals surface area contributed by atoms with Gasteiger partial charge in [-0.1, -0.05) is 0 Å². The van der Waals surface area contributed by atoms with E-state index in [2.05, 4.69) is 0 Å². The van der Waals surface area contributed by atoms with Crippen LogP contribution in [0.4, 0.5) is 22.7 Å². The van der Waals surface area contributed by atoms with Gasteiger partial charge in [-0.25, -0.2) is 9.59 Å². The highest BCUT2D eigenvalue weighted by Gasteiger charge is 2.28. The average molecular weight is 540 g/mol. The van der Waals surface area contributed by atoms with Crippen molar-refractivity contribution < 1.29 is 38.1 Å². The Kier molecular flexibility index (Phi) is 6.20. The van der Waals surface area contributed by atoms with Crippen LogP contribution >= 0.6 is 0 Å². The zero-order chi connectivity index (χ0) is 28.8. The highest BCUT2D eigenvalue weighted by atomic mass is 16.6. The molecule has 4 aromatic rings. The van der Waals surface area contributed by atoms with Crippen molar-refractivity contribution in [3.05, 3.63) is 109 Å². The molecule has 0 radical (unpaired) electrons. The average Bonchev–Trinajstić information content (AvgIpc) is 2.86. The van der Waals surface area contributed by atoms with Crippen molar-refractivity contribution in [2.75, 3.05) is 0 Å². The van der Waals surface area contributed by atoms with Gasteiger partial charge in [0.05, 0.1) is 38.2 Å². The molecule has 0 saturated heterocycles. The molecule has 18 heteroatoms. The van der Waals surface area contributed by atoms with E-state index in [-0.39, 0.29) is 10.8 Å². The number of carbonyl (C=O) groups is 2. The molecule has 0 bridgehead atoms. The predicted molar refractivity (Wildman–Crippen MR) is 125 cm³/mol. The second-order valence-electron chi connectivity index (χ2n) is 7.71. The van der Waals surface area contributed by atoms with Crippen LogP contribution in [0.3, 0.4) is 0 Å². The highest BCUT2D eigenvalue weighted by Crippen LogP contribution is 2.32. The summed E-state index contributed by atoms with van der Waals surface area (Å²) in [6.07, 6.45) is -1.18. The van der Waals surface area contributed by atoms with Crippen LogP contribution in [0, 0.1) is 40.5 Å². The number of hydrogen-bond donors (Lipinski definition) is 0. The number of nitrogens with zero attached hydrogens (tertiary/aromatic N) is 4. The van der Waals surface area contributed by atoms with Crippen LogP contribution < -0.4 is 11.3 Å². The molecule has 39 heavy (non-hydrogen) atoms. The fourth-order valence-electron chi connectivity index (χ4n) is 3.61. The molecule has 2 aromatic heterocycles. The molecule has 2 heterocycles. The topological polar surface area (TPSA) is 267 Å². The van der Waals surface area contributed by atoms with Gasteiger partial charge in [-0.3, -0.25) is 50.0 Å². The Morgan fingerprint density at radius 2 is 0.949 bits per heavy atom. The molecule has 0 aliphatic heterocycles. The maximum Gasteiger partial charge on any atom is 0.347 e. The summed E-state index contributed by atoms with van der Waals surface area (Å²) in [6.45, 7) is 0. The van der Waals surface area contributed by atoms with E-state index < -0.39 is 94.0 Å². The van der Waals surface area contributed by atoms with Crippen LogP contribution in [0.15, 0.2) is 54.8 Å². The Morgan fingerprint density at radius 3 is 1.26 bits per heavy atom. The minimum atomic E-state index is -1.42. The number of hydrogen-bond acceptors (Lipinski definition) is 14. The molecule has 0 fully saturated rings. The van der Waals surface area contributed by atoms with Gasteiger partial charge in [0.1, 0.15) is 11.1 Å². The van der Waals surface area contributed by atoms with Gasteiger partial charge in [0.15, 0.2) is 11.6 Å². The molecule has 0 aliphatic rings. The number of Topliss-reactive ketones (excluding diaryl/α,β-unsaturated/α-hetero) is 2. The zero-order valence-electron chi connectivity index (χ0n) is 18.7. The first-order chi connectivity index (χ1) is 18.3. The van der Waals surface area contributed by atoms with Crippen LogP contribution in [-0.4, -0.2) is 31.3 Å². The molecule has 0 unspecified atom stereocenters. The van der Waals surface area contributed by atoms with Crippen molar-refractivity contribution in [3.63, 3.8) is 0 Å². The third-order valence-electron chi connectivity index (χ3n) is 5.33. The Labute approximate surface area is 210 Å². The number of nitro benzene ring substituents is 4. The minimum absolute atomic E-state index is 0.379. The first kappa shape index (κ1) is 25.9.